The first-order chi connectivity index (χ1) is 20.1. The van der Waals surface area contributed by atoms with Crippen LogP contribution in [-0.4, -0.2) is 80.5 Å². The highest BCUT2D eigenvalue weighted by molar-refractivity contribution is 5.97. The van der Waals surface area contributed by atoms with Crippen molar-refractivity contribution in [2.75, 3.05) is 64.0 Å². The molecule has 0 radical (unpaired) electrons. The van der Waals surface area contributed by atoms with E-state index in [-0.39, 0.29) is 40.4 Å². The van der Waals surface area contributed by atoms with E-state index in [0.29, 0.717) is 43.6 Å². The number of hydrogen-bond donors (Lipinski definition) is 2. The summed E-state index contributed by atoms with van der Waals surface area (Å²) in [4.78, 5) is 22.6. The van der Waals surface area contributed by atoms with Gasteiger partial charge in [0.25, 0.3) is 5.91 Å². The largest absolute Gasteiger partial charge is 0.383 e. The third kappa shape index (κ3) is 6.52. The SMILES string of the molecule is CN(C)Cc1cc(-c2cc(-c3cc4c(cc3F)C(=O)NCC4)c(N)nc2F)ccc1N1CCN(CCCC(F)F)CC1. The van der Waals surface area contributed by atoms with E-state index in [4.69, 9.17) is 5.73 Å². The molecule has 7 nitrogen and oxygen atoms in total. The fourth-order valence-electron chi connectivity index (χ4n) is 5.78. The number of carbonyl (C=O) groups is 1. The van der Waals surface area contributed by atoms with Crippen molar-refractivity contribution in [3.63, 3.8) is 0 Å². The van der Waals surface area contributed by atoms with Crippen LogP contribution >= 0.6 is 0 Å². The van der Waals surface area contributed by atoms with Gasteiger partial charge in [-0.15, -0.1) is 0 Å². The van der Waals surface area contributed by atoms with Crippen molar-refractivity contribution < 1.29 is 22.4 Å². The molecule has 0 unspecified atom stereocenters. The lowest BCUT2D eigenvalue weighted by Crippen LogP contribution is -2.47. The highest BCUT2D eigenvalue weighted by Crippen LogP contribution is 2.36. The van der Waals surface area contributed by atoms with Gasteiger partial charge < -0.3 is 20.9 Å². The van der Waals surface area contributed by atoms with Gasteiger partial charge in [0.05, 0.1) is 0 Å². The third-order valence-corrected chi connectivity index (χ3v) is 7.90. The average molecular weight is 585 g/mol. The molecular weight excluding hydrogens is 548 g/mol. The topological polar surface area (TPSA) is 77.7 Å². The van der Waals surface area contributed by atoms with E-state index < -0.39 is 18.2 Å². The van der Waals surface area contributed by atoms with Crippen LogP contribution in [0.4, 0.5) is 29.1 Å². The number of alkyl halides is 2. The zero-order valence-corrected chi connectivity index (χ0v) is 23.9. The zero-order valence-electron chi connectivity index (χ0n) is 23.9. The number of nitrogens with one attached hydrogen (secondary N) is 1. The van der Waals surface area contributed by atoms with Crippen LogP contribution in [0.2, 0.25) is 0 Å². The molecule has 42 heavy (non-hydrogen) atoms. The van der Waals surface area contributed by atoms with Crippen LogP contribution in [0, 0.1) is 11.8 Å². The molecule has 0 aliphatic carbocycles. The lowest BCUT2D eigenvalue weighted by Gasteiger charge is -2.37. The quantitative estimate of drug-likeness (QED) is 0.278. The molecule has 0 spiro atoms. The summed E-state index contributed by atoms with van der Waals surface area (Å²) in [6, 6.07) is 10.1. The smallest absolute Gasteiger partial charge is 0.251 e. The zero-order chi connectivity index (χ0) is 30.0. The number of nitrogen functional groups attached to an aromatic ring is 1. The number of nitrogens with zero attached hydrogens (tertiary/aromatic N) is 4. The Morgan fingerprint density at radius 3 is 2.48 bits per heavy atom. The Bertz CT molecular complexity index is 1460. The van der Waals surface area contributed by atoms with E-state index in [1.54, 1.807) is 6.07 Å². The van der Waals surface area contributed by atoms with Crippen molar-refractivity contribution in [3.05, 3.63) is 64.9 Å². The third-order valence-electron chi connectivity index (χ3n) is 7.90. The fourth-order valence-corrected chi connectivity index (χ4v) is 5.78. The van der Waals surface area contributed by atoms with Gasteiger partial charge in [0.15, 0.2) is 0 Å². The van der Waals surface area contributed by atoms with Crippen molar-refractivity contribution in [2.45, 2.75) is 32.2 Å². The summed E-state index contributed by atoms with van der Waals surface area (Å²) in [5, 5.41) is 2.71. The van der Waals surface area contributed by atoms with Gasteiger partial charge in [0.2, 0.25) is 12.4 Å². The molecule has 1 aromatic heterocycles. The molecule has 1 fully saturated rings. The Morgan fingerprint density at radius 2 is 1.76 bits per heavy atom. The second-order valence-electron chi connectivity index (χ2n) is 11.2. The summed E-state index contributed by atoms with van der Waals surface area (Å²) in [6.45, 7) is 4.79. The van der Waals surface area contributed by atoms with Crippen molar-refractivity contribution in [1.29, 1.82) is 0 Å². The van der Waals surface area contributed by atoms with Gasteiger partial charge in [-0.3, -0.25) is 9.69 Å². The number of pyridine rings is 1. The fraction of sp³-hybridized carbons (Fsp3) is 0.419. The number of fused-ring (bicyclic) bond motifs is 1. The van der Waals surface area contributed by atoms with E-state index in [1.165, 1.54) is 12.1 Å². The van der Waals surface area contributed by atoms with E-state index >= 15 is 8.78 Å². The van der Waals surface area contributed by atoms with Crippen molar-refractivity contribution in [2.24, 2.45) is 0 Å². The Labute approximate surface area is 243 Å². The minimum Gasteiger partial charge on any atom is -0.383 e. The second kappa shape index (κ2) is 12.7. The predicted octanol–water partition coefficient (Wildman–Crippen LogP) is 4.79. The molecule has 2 aliphatic heterocycles. The first-order valence-electron chi connectivity index (χ1n) is 14.2. The molecule has 1 saturated heterocycles. The average Bonchev–Trinajstić information content (AvgIpc) is 2.94. The first kappa shape index (κ1) is 29.8. The Kier molecular flexibility index (Phi) is 8.98. The summed E-state index contributed by atoms with van der Waals surface area (Å²) < 4.78 is 55.6. The maximum Gasteiger partial charge on any atom is 0.251 e. The highest BCUT2D eigenvalue weighted by atomic mass is 19.3. The summed E-state index contributed by atoms with van der Waals surface area (Å²) in [6.07, 6.45) is -1.32. The number of amides is 1. The Hall–Kier alpha value is -3.70. The van der Waals surface area contributed by atoms with E-state index in [2.05, 4.69) is 20.1 Å². The maximum absolute atomic E-state index is 15.3. The van der Waals surface area contributed by atoms with Gasteiger partial charge in [-0.1, -0.05) is 6.07 Å². The van der Waals surface area contributed by atoms with Gasteiger partial charge >= 0.3 is 0 Å². The van der Waals surface area contributed by atoms with Crippen LogP contribution in [-0.2, 0) is 13.0 Å². The number of benzene rings is 2. The van der Waals surface area contributed by atoms with Gasteiger partial charge in [0.1, 0.15) is 11.6 Å². The summed E-state index contributed by atoms with van der Waals surface area (Å²) in [7, 11) is 3.92. The van der Waals surface area contributed by atoms with Crippen molar-refractivity contribution >= 4 is 17.4 Å². The van der Waals surface area contributed by atoms with Crippen molar-refractivity contribution in [3.8, 4) is 22.3 Å². The number of anilines is 2. The van der Waals surface area contributed by atoms with Crippen LogP contribution in [0.3, 0.4) is 0 Å². The number of rotatable bonds is 9. The number of carbonyl (C=O) groups excluding carboxylic acids is 1. The van der Waals surface area contributed by atoms with E-state index in [9.17, 15) is 13.6 Å². The molecule has 0 bridgehead atoms. The molecule has 1 amide bonds. The van der Waals surface area contributed by atoms with E-state index in [1.807, 2.05) is 37.2 Å². The summed E-state index contributed by atoms with van der Waals surface area (Å²) >= 11 is 0. The molecule has 0 saturated carbocycles. The molecule has 224 valence electrons. The minimum atomic E-state index is -2.27. The van der Waals surface area contributed by atoms with Crippen LogP contribution < -0.4 is 16.0 Å². The molecular formula is C31H36F4N6O. The van der Waals surface area contributed by atoms with Crippen molar-refractivity contribution in [1.82, 2.24) is 20.1 Å². The standard InChI is InChI=1S/C31H36F4N6O/c1-39(2)18-21-14-19(5-6-27(21)41-12-10-40(11-13-41)9-3-4-28(33)34)22-16-25(30(36)38-29(22)35)24-15-20-7-8-37-31(42)23(20)17-26(24)32/h5-6,14-17,28H,3-4,7-13,18H2,1-2H3,(H2,36,38)(H,37,42). The highest BCUT2D eigenvalue weighted by Gasteiger charge is 2.24. The van der Waals surface area contributed by atoms with E-state index in [0.717, 1.165) is 37.4 Å². The lowest BCUT2D eigenvalue weighted by molar-refractivity contribution is 0.0945. The van der Waals surface area contributed by atoms with Crippen LogP contribution in [0.15, 0.2) is 36.4 Å². The molecule has 5 rings (SSSR count). The second-order valence-corrected chi connectivity index (χ2v) is 11.2. The molecule has 0 atom stereocenters. The summed E-state index contributed by atoms with van der Waals surface area (Å²) in [5.74, 6) is -1.84. The Balaban J connectivity index is 1.44. The predicted molar refractivity (Wildman–Crippen MR) is 157 cm³/mol. The first-order valence-corrected chi connectivity index (χ1v) is 14.2. The number of halogens is 4. The number of nitrogens with two attached hydrogens (primary N) is 1. The minimum absolute atomic E-state index is 0.0802. The number of piperazine rings is 1. The number of hydrogen-bond acceptors (Lipinski definition) is 6. The van der Waals surface area contributed by atoms with Crippen LogP contribution in [0.5, 0.6) is 0 Å². The van der Waals surface area contributed by atoms with Gasteiger partial charge in [-0.05, 0) is 80.5 Å². The molecule has 2 aromatic carbocycles. The molecule has 2 aliphatic rings. The Morgan fingerprint density at radius 1 is 1.00 bits per heavy atom. The molecule has 3 aromatic rings. The van der Waals surface area contributed by atoms with Gasteiger partial charge in [-0.25, -0.2) is 18.2 Å². The normalized spacial score (nSPS) is 15.8. The van der Waals surface area contributed by atoms with Gasteiger partial charge in [0, 0.05) is 73.6 Å². The monoisotopic (exact) mass is 584 g/mol. The summed E-state index contributed by atoms with van der Waals surface area (Å²) in [5.41, 5.74) is 10.3. The maximum atomic E-state index is 15.3. The number of aromatic nitrogens is 1. The van der Waals surface area contributed by atoms with Gasteiger partial charge in [-0.2, -0.15) is 4.39 Å². The molecule has 3 N–H and O–H groups in total. The van der Waals surface area contributed by atoms with Crippen LogP contribution in [0.1, 0.15) is 34.3 Å². The van der Waals surface area contributed by atoms with Crippen LogP contribution in [0.25, 0.3) is 22.3 Å². The lowest BCUT2D eigenvalue weighted by atomic mass is 9.93. The molecule has 11 heteroatoms. The molecule has 3 heterocycles.